The zero-order valence-electron chi connectivity index (χ0n) is 17.5. The number of carbonyl (C=O) groups is 1. The van der Waals surface area contributed by atoms with E-state index in [-0.39, 0.29) is 5.91 Å². The zero-order valence-corrected chi connectivity index (χ0v) is 18.2. The SMILES string of the molecule is Cc1nn(-c2ccc(C(=O)Nc3ccc(OCc4nccn4C)cc3)cc2)c(C)c1Cl. The summed E-state index contributed by atoms with van der Waals surface area (Å²) in [4.78, 5) is 16.8. The molecule has 31 heavy (non-hydrogen) atoms. The van der Waals surface area contributed by atoms with E-state index >= 15 is 0 Å². The first-order valence-electron chi connectivity index (χ1n) is 9.75. The van der Waals surface area contributed by atoms with Gasteiger partial charge in [-0.05, 0) is 62.4 Å². The molecule has 2 heterocycles. The maximum absolute atomic E-state index is 12.6. The smallest absolute Gasteiger partial charge is 0.255 e. The number of ether oxygens (including phenoxy) is 1. The lowest BCUT2D eigenvalue weighted by Crippen LogP contribution is -2.12. The molecule has 0 fully saturated rings. The summed E-state index contributed by atoms with van der Waals surface area (Å²) in [6, 6.07) is 14.5. The molecule has 8 heteroatoms. The molecule has 0 aliphatic heterocycles. The summed E-state index contributed by atoms with van der Waals surface area (Å²) in [5.74, 6) is 1.34. The van der Waals surface area contributed by atoms with E-state index < -0.39 is 0 Å². The van der Waals surface area contributed by atoms with E-state index in [1.54, 1.807) is 35.1 Å². The third-order valence-corrected chi connectivity index (χ3v) is 5.53. The van der Waals surface area contributed by atoms with E-state index in [4.69, 9.17) is 16.3 Å². The second-order valence-electron chi connectivity index (χ2n) is 7.17. The van der Waals surface area contributed by atoms with Crippen molar-refractivity contribution >= 4 is 23.2 Å². The largest absolute Gasteiger partial charge is 0.486 e. The van der Waals surface area contributed by atoms with E-state index in [0.29, 0.717) is 28.6 Å². The molecule has 0 unspecified atom stereocenters. The Kier molecular flexibility index (Phi) is 5.77. The number of aromatic nitrogens is 4. The summed E-state index contributed by atoms with van der Waals surface area (Å²) >= 11 is 6.22. The van der Waals surface area contributed by atoms with Crippen LogP contribution in [0.15, 0.2) is 60.9 Å². The van der Waals surface area contributed by atoms with Crippen LogP contribution in [0.5, 0.6) is 5.75 Å². The van der Waals surface area contributed by atoms with Crippen LogP contribution in [-0.4, -0.2) is 25.2 Å². The number of imidazole rings is 1. The minimum atomic E-state index is -0.195. The molecule has 4 aromatic rings. The normalized spacial score (nSPS) is 10.8. The highest BCUT2D eigenvalue weighted by atomic mass is 35.5. The lowest BCUT2D eigenvalue weighted by atomic mass is 10.2. The quantitative estimate of drug-likeness (QED) is 0.476. The van der Waals surface area contributed by atoms with Crippen LogP contribution in [0.4, 0.5) is 5.69 Å². The van der Waals surface area contributed by atoms with Crippen LogP contribution in [0.1, 0.15) is 27.6 Å². The van der Waals surface area contributed by atoms with E-state index in [0.717, 1.165) is 22.9 Å². The van der Waals surface area contributed by atoms with Gasteiger partial charge in [0.25, 0.3) is 5.91 Å². The summed E-state index contributed by atoms with van der Waals surface area (Å²) in [6.45, 7) is 4.15. The van der Waals surface area contributed by atoms with Crippen LogP contribution >= 0.6 is 11.6 Å². The van der Waals surface area contributed by atoms with Gasteiger partial charge in [0.1, 0.15) is 18.2 Å². The van der Waals surface area contributed by atoms with Crippen molar-refractivity contribution < 1.29 is 9.53 Å². The average molecular weight is 436 g/mol. The van der Waals surface area contributed by atoms with Gasteiger partial charge in [0.05, 0.1) is 22.1 Å². The van der Waals surface area contributed by atoms with Gasteiger partial charge in [-0.3, -0.25) is 4.79 Å². The Morgan fingerprint density at radius 2 is 1.81 bits per heavy atom. The van der Waals surface area contributed by atoms with Crippen LogP contribution in [0.2, 0.25) is 5.02 Å². The highest BCUT2D eigenvalue weighted by molar-refractivity contribution is 6.31. The molecule has 1 amide bonds. The number of nitrogens with one attached hydrogen (secondary N) is 1. The highest BCUT2D eigenvalue weighted by Crippen LogP contribution is 2.23. The average Bonchev–Trinajstić information content (AvgIpc) is 3.31. The standard InChI is InChI=1S/C23H22ClN5O2/c1-15-22(24)16(2)29(27-15)19-8-4-17(5-9-19)23(30)26-18-6-10-20(11-7-18)31-14-21-25-12-13-28(21)3/h4-13H,14H2,1-3H3,(H,26,30). The van der Waals surface area contributed by atoms with Crippen LogP contribution in [0.3, 0.4) is 0 Å². The minimum Gasteiger partial charge on any atom is -0.486 e. The number of hydrogen-bond acceptors (Lipinski definition) is 4. The molecule has 0 atom stereocenters. The van der Waals surface area contributed by atoms with Crippen molar-refractivity contribution in [3.8, 4) is 11.4 Å². The Bertz CT molecular complexity index is 1210. The summed E-state index contributed by atoms with van der Waals surface area (Å²) in [7, 11) is 1.92. The fraction of sp³-hybridized carbons (Fsp3) is 0.174. The fourth-order valence-electron chi connectivity index (χ4n) is 3.15. The van der Waals surface area contributed by atoms with E-state index in [2.05, 4.69) is 15.4 Å². The number of benzene rings is 2. The van der Waals surface area contributed by atoms with Gasteiger partial charge in [-0.15, -0.1) is 0 Å². The number of anilines is 1. The molecular formula is C23H22ClN5O2. The monoisotopic (exact) mass is 435 g/mol. The minimum absolute atomic E-state index is 0.195. The molecule has 1 N–H and O–H groups in total. The summed E-state index contributed by atoms with van der Waals surface area (Å²) in [5, 5.41) is 7.97. The van der Waals surface area contributed by atoms with E-state index in [1.165, 1.54) is 0 Å². The van der Waals surface area contributed by atoms with Gasteiger partial charge < -0.3 is 14.6 Å². The number of aryl methyl sites for hydroxylation is 2. The van der Waals surface area contributed by atoms with Gasteiger partial charge in [0, 0.05) is 30.7 Å². The molecule has 0 saturated carbocycles. The number of nitrogens with zero attached hydrogens (tertiary/aromatic N) is 4. The van der Waals surface area contributed by atoms with Crippen molar-refractivity contribution in [2.45, 2.75) is 20.5 Å². The first-order valence-corrected chi connectivity index (χ1v) is 10.1. The molecule has 7 nitrogen and oxygen atoms in total. The molecule has 0 saturated heterocycles. The molecule has 2 aromatic heterocycles. The maximum Gasteiger partial charge on any atom is 0.255 e. The molecule has 0 aliphatic rings. The first-order chi connectivity index (χ1) is 14.9. The molecule has 0 bridgehead atoms. The van der Waals surface area contributed by atoms with Gasteiger partial charge in [-0.1, -0.05) is 11.6 Å². The molecule has 158 valence electrons. The summed E-state index contributed by atoms with van der Waals surface area (Å²) < 4.78 is 9.41. The van der Waals surface area contributed by atoms with E-state index in [9.17, 15) is 4.79 Å². The van der Waals surface area contributed by atoms with Crippen molar-refractivity contribution in [2.75, 3.05) is 5.32 Å². The number of rotatable bonds is 6. The predicted molar refractivity (Wildman–Crippen MR) is 120 cm³/mol. The first kappa shape index (κ1) is 20.7. The van der Waals surface area contributed by atoms with Crippen LogP contribution < -0.4 is 10.1 Å². The molecule has 2 aromatic carbocycles. The summed E-state index contributed by atoms with van der Waals surface area (Å²) in [5.41, 5.74) is 3.71. The summed E-state index contributed by atoms with van der Waals surface area (Å²) in [6.07, 6.45) is 3.60. The second kappa shape index (κ2) is 8.65. The van der Waals surface area contributed by atoms with Gasteiger partial charge in [-0.25, -0.2) is 9.67 Å². The molecule has 0 aliphatic carbocycles. The lowest BCUT2D eigenvalue weighted by molar-refractivity contribution is 0.102. The lowest BCUT2D eigenvalue weighted by Gasteiger charge is -2.09. The highest BCUT2D eigenvalue weighted by Gasteiger charge is 2.12. The van der Waals surface area contributed by atoms with Crippen molar-refractivity contribution in [1.29, 1.82) is 0 Å². The van der Waals surface area contributed by atoms with Gasteiger partial charge in [-0.2, -0.15) is 5.10 Å². The van der Waals surface area contributed by atoms with Crippen LogP contribution in [0.25, 0.3) is 5.69 Å². The fourth-order valence-corrected chi connectivity index (χ4v) is 3.27. The zero-order chi connectivity index (χ0) is 22.0. The number of halogens is 1. The van der Waals surface area contributed by atoms with Crippen molar-refractivity contribution in [1.82, 2.24) is 19.3 Å². The Labute approximate surface area is 185 Å². The van der Waals surface area contributed by atoms with Gasteiger partial charge in [0.15, 0.2) is 0 Å². The van der Waals surface area contributed by atoms with Gasteiger partial charge >= 0.3 is 0 Å². The Morgan fingerprint density at radius 1 is 1.10 bits per heavy atom. The van der Waals surface area contributed by atoms with E-state index in [1.807, 2.05) is 55.9 Å². The van der Waals surface area contributed by atoms with Crippen molar-refractivity contribution in [2.24, 2.45) is 7.05 Å². The number of amides is 1. The maximum atomic E-state index is 12.6. The Hall–Kier alpha value is -3.58. The second-order valence-corrected chi connectivity index (χ2v) is 7.54. The predicted octanol–water partition coefficient (Wildman–Crippen LogP) is 4.71. The van der Waals surface area contributed by atoms with Crippen molar-refractivity contribution in [3.05, 3.63) is 88.7 Å². The molecule has 4 rings (SSSR count). The van der Waals surface area contributed by atoms with Gasteiger partial charge in [0.2, 0.25) is 0 Å². The Balaban J connectivity index is 1.38. The third-order valence-electron chi connectivity index (χ3n) is 4.98. The number of hydrogen-bond donors (Lipinski definition) is 1. The van der Waals surface area contributed by atoms with Crippen molar-refractivity contribution in [3.63, 3.8) is 0 Å². The van der Waals surface area contributed by atoms with Crippen LogP contribution in [-0.2, 0) is 13.7 Å². The third kappa shape index (κ3) is 4.46. The van der Waals surface area contributed by atoms with Crippen LogP contribution in [0, 0.1) is 13.8 Å². The molecule has 0 radical (unpaired) electrons. The Morgan fingerprint density at radius 3 is 2.39 bits per heavy atom. The molecule has 0 spiro atoms. The molecular weight excluding hydrogens is 414 g/mol. The number of carbonyl (C=O) groups excluding carboxylic acids is 1. The topological polar surface area (TPSA) is 74.0 Å².